The summed E-state index contributed by atoms with van der Waals surface area (Å²) < 4.78 is 1.10. The fourth-order valence-electron chi connectivity index (χ4n) is 1.93. The molecule has 1 aliphatic heterocycles. The van der Waals surface area contributed by atoms with Crippen LogP contribution < -0.4 is 0 Å². The summed E-state index contributed by atoms with van der Waals surface area (Å²) in [4.78, 5) is 14.2. The molecule has 1 aromatic rings. The summed E-state index contributed by atoms with van der Waals surface area (Å²) in [5, 5.41) is 9.02. The molecule has 82 valence electrons. The number of thiophene rings is 1. The standard InChI is InChI=1S/C10H12BrNO2S/c11-9-4-3-7(15-9)6-12-5-1-2-8(12)10(13)14/h3-4,8H,1-2,5-6H2,(H,13,14). The molecule has 0 amide bonds. The zero-order valence-electron chi connectivity index (χ0n) is 8.15. The molecule has 2 rings (SSSR count). The van der Waals surface area contributed by atoms with E-state index in [1.165, 1.54) is 4.88 Å². The third-order valence-corrected chi connectivity index (χ3v) is 4.24. The Kier molecular flexibility index (Phi) is 3.43. The molecule has 1 aliphatic rings. The van der Waals surface area contributed by atoms with Gasteiger partial charge in [-0.15, -0.1) is 11.3 Å². The van der Waals surface area contributed by atoms with Crippen LogP contribution in [-0.4, -0.2) is 28.6 Å². The molecular formula is C10H12BrNO2S. The number of halogens is 1. The second-order valence-corrected chi connectivity index (χ2v) is 6.22. The number of aliphatic carboxylic acids is 1. The van der Waals surface area contributed by atoms with Gasteiger partial charge >= 0.3 is 5.97 Å². The number of hydrogen-bond acceptors (Lipinski definition) is 3. The Hall–Kier alpha value is -0.390. The maximum atomic E-state index is 11.0. The molecule has 1 N–H and O–H groups in total. The van der Waals surface area contributed by atoms with Gasteiger partial charge in [-0.05, 0) is 47.4 Å². The summed E-state index contributed by atoms with van der Waals surface area (Å²) in [7, 11) is 0. The van der Waals surface area contributed by atoms with Gasteiger partial charge in [0.25, 0.3) is 0 Å². The highest BCUT2D eigenvalue weighted by molar-refractivity contribution is 9.11. The van der Waals surface area contributed by atoms with Crippen LogP contribution in [0.5, 0.6) is 0 Å². The van der Waals surface area contributed by atoms with Gasteiger partial charge in [0, 0.05) is 11.4 Å². The number of carbonyl (C=O) groups is 1. The van der Waals surface area contributed by atoms with Gasteiger partial charge in [-0.2, -0.15) is 0 Å². The number of carboxylic acids is 1. The van der Waals surface area contributed by atoms with Gasteiger partial charge in [0.1, 0.15) is 6.04 Å². The van der Waals surface area contributed by atoms with E-state index >= 15 is 0 Å². The molecule has 15 heavy (non-hydrogen) atoms. The fourth-order valence-corrected chi connectivity index (χ4v) is 3.44. The molecule has 1 unspecified atom stereocenters. The second-order valence-electron chi connectivity index (χ2n) is 3.67. The van der Waals surface area contributed by atoms with E-state index in [1.54, 1.807) is 11.3 Å². The van der Waals surface area contributed by atoms with Crippen LogP contribution >= 0.6 is 27.3 Å². The van der Waals surface area contributed by atoms with Gasteiger partial charge in [-0.25, -0.2) is 0 Å². The average Bonchev–Trinajstić information content (AvgIpc) is 2.75. The van der Waals surface area contributed by atoms with Crippen LogP contribution in [0.25, 0.3) is 0 Å². The van der Waals surface area contributed by atoms with Crippen LogP contribution in [0, 0.1) is 0 Å². The van der Waals surface area contributed by atoms with Gasteiger partial charge < -0.3 is 5.11 Å². The molecule has 0 radical (unpaired) electrons. The second kappa shape index (κ2) is 4.63. The van der Waals surface area contributed by atoms with Crippen LogP contribution in [0.15, 0.2) is 15.9 Å². The highest BCUT2D eigenvalue weighted by Crippen LogP contribution is 2.26. The Morgan fingerprint density at radius 1 is 1.67 bits per heavy atom. The highest BCUT2D eigenvalue weighted by Gasteiger charge is 2.30. The van der Waals surface area contributed by atoms with E-state index in [-0.39, 0.29) is 6.04 Å². The molecule has 2 heterocycles. The molecule has 0 spiro atoms. The SMILES string of the molecule is O=C(O)C1CCCN1Cc1ccc(Br)s1. The molecule has 0 aromatic carbocycles. The highest BCUT2D eigenvalue weighted by atomic mass is 79.9. The van der Waals surface area contributed by atoms with Gasteiger partial charge in [0.15, 0.2) is 0 Å². The van der Waals surface area contributed by atoms with E-state index in [2.05, 4.69) is 15.9 Å². The smallest absolute Gasteiger partial charge is 0.320 e. The molecule has 1 saturated heterocycles. The third kappa shape index (κ3) is 2.59. The molecular weight excluding hydrogens is 278 g/mol. The molecule has 0 saturated carbocycles. The third-order valence-electron chi connectivity index (χ3n) is 2.64. The molecule has 0 bridgehead atoms. The van der Waals surface area contributed by atoms with E-state index in [0.717, 1.165) is 29.7 Å². The molecule has 5 heteroatoms. The Morgan fingerprint density at radius 2 is 2.47 bits per heavy atom. The van der Waals surface area contributed by atoms with E-state index < -0.39 is 5.97 Å². The summed E-state index contributed by atoms with van der Waals surface area (Å²) in [5.74, 6) is -0.692. The van der Waals surface area contributed by atoms with Crippen LogP contribution in [0.4, 0.5) is 0 Å². The lowest BCUT2D eigenvalue weighted by atomic mass is 10.2. The van der Waals surface area contributed by atoms with E-state index in [4.69, 9.17) is 5.11 Å². The van der Waals surface area contributed by atoms with Crippen LogP contribution in [-0.2, 0) is 11.3 Å². The maximum absolute atomic E-state index is 11.0. The first-order valence-electron chi connectivity index (χ1n) is 4.88. The first kappa shape index (κ1) is 11.1. The summed E-state index contributed by atoms with van der Waals surface area (Å²) in [5.41, 5.74) is 0. The molecule has 1 aromatic heterocycles. The van der Waals surface area contributed by atoms with Crippen LogP contribution in [0.3, 0.4) is 0 Å². The van der Waals surface area contributed by atoms with Gasteiger partial charge in [-0.1, -0.05) is 0 Å². The van der Waals surface area contributed by atoms with Crippen molar-refractivity contribution < 1.29 is 9.90 Å². The van der Waals surface area contributed by atoms with Crippen molar-refractivity contribution in [3.8, 4) is 0 Å². The van der Waals surface area contributed by atoms with Crippen molar-refractivity contribution in [1.82, 2.24) is 4.90 Å². The number of carboxylic acid groups (broad SMARTS) is 1. The molecule has 1 fully saturated rings. The largest absolute Gasteiger partial charge is 0.480 e. The van der Waals surface area contributed by atoms with Crippen molar-refractivity contribution in [1.29, 1.82) is 0 Å². The van der Waals surface area contributed by atoms with Gasteiger partial charge in [-0.3, -0.25) is 9.69 Å². The molecule has 1 atom stereocenters. The van der Waals surface area contributed by atoms with Crippen molar-refractivity contribution in [3.05, 3.63) is 20.8 Å². The number of likely N-dealkylation sites (tertiary alicyclic amines) is 1. The minimum Gasteiger partial charge on any atom is -0.480 e. The predicted molar refractivity (Wildman–Crippen MR) is 63.1 cm³/mol. The molecule has 0 aliphatic carbocycles. The number of nitrogens with zero attached hydrogens (tertiary/aromatic N) is 1. The van der Waals surface area contributed by atoms with Crippen molar-refractivity contribution in [2.45, 2.75) is 25.4 Å². The van der Waals surface area contributed by atoms with Gasteiger partial charge in [0.05, 0.1) is 3.79 Å². The Labute approximate surface area is 101 Å². The monoisotopic (exact) mass is 289 g/mol. The number of hydrogen-bond donors (Lipinski definition) is 1. The normalized spacial score (nSPS) is 22.1. The topological polar surface area (TPSA) is 40.5 Å². The summed E-state index contributed by atoms with van der Waals surface area (Å²) in [6.07, 6.45) is 1.77. The fraction of sp³-hybridized carbons (Fsp3) is 0.500. The van der Waals surface area contributed by atoms with E-state index in [1.807, 2.05) is 17.0 Å². The van der Waals surface area contributed by atoms with Crippen molar-refractivity contribution >= 4 is 33.2 Å². The van der Waals surface area contributed by atoms with Gasteiger partial charge in [0.2, 0.25) is 0 Å². The van der Waals surface area contributed by atoms with E-state index in [0.29, 0.717) is 0 Å². The quantitative estimate of drug-likeness (QED) is 0.930. The van der Waals surface area contributed by atoms with Crippen LogP contribution in [0.1, 0.15) is 17.7 Å². The lowest BCUT2D eigenvalue weighted by molar-refractivity contribution is -0.142. The Bertz CT molecular complexity index is 366. The number of rotatable bonds is 3. The zero-order valence-corrected chi connectivity index (χ0v) is 10.6. The summed E-state index contributed by atoms with van der Waals surface area (Å²) in [6.45, 7) is 1.65. The molecule has 3 nitrogen and oxygen atoms in total. The first-order valence-corrected chi connectivity index (χ1v) is 6.49. The minimum absolute atomic E-state index is 0.286. The van der Waals surface area contributed by atoms with Crippen molar-refractivity contribution in [2.75, 3.05) is 6.54 Å². The Balaban J connectivity index is 2.02. The van der Waals surface area contributed by atoms with Crippen LogP contribution in [0.2, 0.25) is 0 Å². The van der Waals surface area contributed by atoms with E-state index in [9.17, 15) is 4.79 Å². The van der Waals surface area contributed by atoms with Crippen molar-refractivity contribution in [2.24, 2.45) is 0 Å². The minimum atomic E-state index is -0.692. The lowest BCUT2D eigenvalue weighted by Crippen LogP contribution is -2.35. The summed E-state index contributed by atoms with van der Waals surface area (Å²) in [6, 6.07) is 3.77. The lowest BCUT2D eigenvalue weighted by Gasteiger charge is -2.19. The average molecular weight is 290 g/mol. The summed E-state index contributed by atoms with van der Waals surface area (Å²) >= 11 is 5.08. The predicted octanol–water partition coefficient (Wildman–Crippen LogP) is 2.56. The Morgan fingerprint density at radius 3 is 3.07 bits per heavy atom. The maximum Gasteiger partial charge on any atom is 0.320 e. The first-order chi connectivity index (χ1) is 7.16. The van der Waals surface area contributed by atoms with Crippen molar-refractivity contribution in [3.63, 3.8) is 0 Å². The zero-order chi connectivity index (χ0) is 10.8.